The zero-order valence-corrected chi connectivity index (χ0v) is 13.3. The molecule has 1 fully saturated rings. The highest BCUT2D eigenvalue weighted by Gasteiger charge is 2.19. The summed E-state index contributed by atoms with van der Waals surface area (Å²) in [5.41, 5.74) is 1.80. The van der Waals surface area contributed by atoms with Gasteiger partial charge in [0.15, 0.2) is 0 Å². The van der Waals surface area contributed by atoms with Gasteiger partial charge in [0.05, 0.1) is 32.4 Å². The second kappa shape index (κ2) is 6.89. The number of benzene rings is 1. The van der Waals surface area contributed by atoms with E-state index in [1.165, 1.54) is 11.3 Å². The predicted molar refractivity (Wildman–Crippen MR) is 85.2 cm³/mol. The summed E-state index contributed by atoms with van der Waals surface area (Å²) in [4.78, 5) is 18.7. The maximum atomic E-state index is 12.2. The van der Waals surface area contributed by atoms with Crippen LogP contribution in [0.4, 0.5) is 0 Å². The Morgan fingerprint density at radius 2 is 2.14 bits per heavy atom. The van der Waals surface area contributed by atoms with E-state index in [-0.39, 0.29) is 5.91 Å². The second-order valence-corrected chi connectivity index (χ2v) is 5.94. The molecule has 5 nitrogen and oxygen atoms in total. The normalized spacial score (nSPS) is 14.9. The zero-order chi connectivity index (χ0) is 15.4. The van der Waals surface area contributed by atoms with Crippen molar-refractivity contribution in [3.8, 4) is 17.0 Å². The van der Waals surface area contributed by atoms with Gasteiger partial charge >= 0.3 is 0 Å². The van der Waals surface area contributed by atoms with E-state index in [1.807, 2.05) is 34.5 Å². The van der Waals surface area contributed by atoms with Crippen LogP contribution in [0.15, 0.2) is 29.6 Å². The lowest BCUT2D eigenvalue weighted by molar-refractivity contribution is -0.134. The van der Waals surface area contributed by atoms with Gasteiger partial charge in [0, 0.05) is 24.0 Å². The van der Waals surface area contributed by atoms with Crippen molar-refractivity contribution < 1.29 is 14.3 Å². The van der Waals surface area contributed by atoms with Gasteiger partial charge in [-0.05, 0) is 12.1 Å². The Hall–Kier alpha value is -1.92. The molecule has 0 N–H and O–H groups in total. The van der Waals surface area contributed by atoms with E-state index in [2.05, 4.69) is 4.98 Å². The molecule has 1 aromatic carbocycles. The van der Waals surface area contributed by atoms with E-state index in [1.54, 1.807) is 7.11 Å². The van der Waals surface area contributed by atoms with E-state index in [9.17, 15) is 4.79 Å². The van der Waals surface area contributed by atoms with Crippen LogP contribution in [-0.4, -0.2) is 49.2 Å². The van der Waals surface area contributed by atoms with E-state index in [0.29, 0.717) is 32.7 Å². The fourth-order valence-electron chi connectivity index (χ4n) is 2.43. The third kappa shape index (κ3) is 3.28. The average Bonchev–Trinajstić information content (AvgIpc) is 3.04. The molecule has 0 bridgehead atoms. The van der Waals surface area contributed by atoms with Crippen molar-refractivity contribution in [1.29, 1.82) is 0 Å². The highest BCUT2D eigenvalue weighted by atomic mass is 32.1. The Labute approximate surface area is 133 Å². The van der Waals surface area contributed by atoms with Gasteiger partial charge in [-0.15, -0.1) is 11.3 Å². The lowest BCUT2D eigenvalue weighted by Crippen LogP contribution is -2.41. The number of carbonyl (C=O) groups excluding carboxylic acids is 1. The summed E-state index contributed by atoms with van der Waals surface area (Å²) >= 11 is 1.51. The predicted octanol–water partition coefficient (Wildman–Crippen LogP) is 2.22. The van der Waals surface area contributed by atoms with Gasteiger partial charge in [-0.2, -0.15) is 0 Å². The van der Waals surface area contributed by atoms with Crippen molar-refractivity contribution in [3.63, 3.8) is 0 Å². The second-order valence-electron chi connectivity index (χ2n) is 5.00. The molecule has 0 saturated carbocycles. The Morgan fingerprint density at radius 3 is 2.91 bits per heavy atom. The third-order valence-electron chi connectivity index (χ3n) is 3.60. The lowest BCUT2D eigenvalue weighted by Gasteiger charge is -2.26. The monoisotopic (exact) mass is 318 g/mol. The summed E-state index contributed by atoms with van der Waals surface area (Å²) in [5, 5.41) is 2.80. The molecule has 0 atom stereocenters. The number of rotatable bonds is 4. The number of thiazole rings is 1. The Bertz CT molecular complexity index is 650. The largest absolute Gasteiger partial charge is 0.496 e. The van der Waals surface area contributed by atoms with Gasteiger partial charge < -0.3 is 14.4 Å². The standard InChI is InChI=1S/C16H18N2O3S/c1-20-14-5-3-2-4-12(14)13-11-22-15(17-13)10-16(19)18-6-8-21-9-7-18/h2-5,11H,6-10H2,1H3. The smallest absolute Gasteiger partial charge is 0.229 e. The van der Waals surface area contributed by atoms with Crippen LogP contribution >= 0.6 is 11.3 Å². The van der Waals surface area contributed by atoms with Crippen molar-refractivity contribution >= 4 is 17.2 Å². The van der Waals surface area contributed by atoms with Crippen LogP contribution in [0.3, 0.4) is 0 Å². The number of carbonyl (C=O) groups is 1. The minimum Gasteiger partial charge on any atom is -0.496 e. The molecule has 3 rings (SSSR count). The van der Waals surface area contributed by atoms with Gasteiger partial charge in [0.2, 0.25) is 5.91 Å². The van der Waals surface area contributed by atoms with Crippen molar-refractivity contribution in [1.82, 2.24) is 9.88 Å². The first-order chi connectivity index (χ1) is 10.8. The number of methoxy groups -OCH3 is 1. The molecule has 2 heterocycles. The molecule has 6 heteroatoms. The molecule has 1 saturated heterocycles. The molecule has 1 aliphatic heterocycles. The molecular weight excluding hydrogens is 300 g/mol. The van der Waals surface area contributed by atoms with Crippen LogP contribution < -0.4 is 4.74 Å². The van der Waals surface area contributed by atoms with Gasteiger partial charge in [0.25, 0.3) is 0 Å². The minimum atomic E-state index is 0.115. The summed E-state index contributed by atoms with van der Waals surface area (Å²) in [5.74, 6) is 0.906. The number of hydrogen-bond donors (Lipinski definition) is 0. The molecule has 1 amide bonds. The maximum Gasteiger partial charge on any atom is 0.229 e. The minimum absolute atomic E-state index is 0.115. The topological polar surface area (TPSA) is 51.7 Å². The first kappa shape index (κ1) is 15.0. The molecule has 0 unspecified atom stereocenters. The van der Waals surface area contributed by atoms with Crippen LogP contribution in [0.25, 0.3) is 11.3 Å². The summed E-state index contributed by atoms with van der Waals surface area (Å²) < 4.78 is 10.6. The molecule has 2 aromatic rings. The molecule has 1 aromatic heterocycles. The number of aromatic nitrogens is 1. The van der Waals surface area contributed by atoms with Crippen LogP contribution in [-0.2, 0) is 16.0 Å². The number of nitrogens with zero attached hydrogens (tertiary/aromatic N) is 2. The summed E-state index contributed by atoms with van der Waals surface area (Å²) in [6, 6.07) is 7.77. The molecule has 0 aliphatic carbocycles. The molecule has 0 spiro atoms. The summed E-state index contributed by atoms with van der Waals surface area (Å²) in [6.45, 7) is 2.58. The zero-order valence-electron chi connectivity index (χ0n) is 12.4. The van der Waals surface area contributed by atoms with E-state index >= 15 is 0 Å². The quantitative estimate of drug-likeness (QED) is 0.867. The average molecular weight is 318 g/mol. The number of ether oxygens (including phenoxy) is 2. The van der Waals surface area contributed by atoms with Gasteiger partial charge in [-0.3, -0.25) is 4.79 Å². The van der Waals surface area contributed by atoms with Crippen LogP contribution in [0.5, 0.6) is 5.75 Å². The number of amides is 1. The molecule has 1 aliphatic rings. The van der Waals surface area contributed by atoms with Crippen molar-refractivity contribution in [2.45, 2.75) is 6.42 Å². The van der Waals surface area contributed by atoms with Gasteiger partial charge in [-0.1, -0.05) is 12.1 Å². The number of hydrogen-bond acceptors (Lipinski definition) is 5. The first-order valence-electron chi connectivity index (χ1n) is 7.21. The van der Waals surface area contributed by atoms with Crippen LogP contribution in [0, 0.1) is 0 Å². The Balaban J connectivity index is 1.72. The highest BCUT2D eigenvalue weighted by molar-refractivity contribution is 7.10. The number of morpholine rings is 1. The molecule has 0 radical (unpaired) electrons. The lowest BCUT2D eigenvalue weighted by atomic mass is 10.1. The van der Waals surface area contributed by atoms with Crippen molar-refractivity contribution in [2.24, 2.45) is 0 Å². The summed E-state index contributed by atoms with van der Waals surface area (Å²) in [7, 11) is 1.65. The van der Waals surface area contributed by atoms with Gasteiger partial charge in [0.1, 0.15) is 10.8 Å². The molecule has 22 heavy (non-hydrogen) atoms. The van der Waals surface area contributed by atoms with E-state index in [0.717, 1.165) is 22.0 Å². The Kier molecular flexibility index (Phi) is 4.70. The summed E-state index contributed by atoms with van der Waals surface area (Å²) in [6.07, 6.45) is 0.347. The van der Waals surface area contributed by atoms with E-state index < -0.39 is 0 Å². The highest BCUT2D eigenvalue weighted by Crippen LogP contribution is 2.30. The SMILES string of the molecule is COc1ccccc1-c1csc(CC(=O)N2CCOCC2)n1. The van der Waals surface area contributed by atoms with Crippen LogP contribution in [0.1, 0.15) is 5.01 Å². The maximum absolute atomic E-state index is 12.2. The van der Waals surface area contributed by atoms with Gasteiger partial charge in [-0.25, -0.2) is 4.98 Å². The molecule has 116 valence electrons. The molecular formula is C16H18N2O3S. The Morgan fingerprint density at radius 1 is 1.36 bits per heavy atom. The van der Waals surface area contributed by atoms with Crippen molar-refractivity contribution in [3.05, 3.63) is 34.7 Å². The number of para-hydroxylation sites is 1. The van der Waals surface area contributed by atoms with Crippen molar-refractivity contribution in [2.75, 3.05) is 33.4 Å². The fraction of sp³-hybridized carbons (Fsp3) is 0.375. The first-order valence-corrected chi connectivity index (χ1v) is 8.09. The third-order valence-corrected chi connectivity index (χ3v) is 4.45. The fourth-order valence-corrected chi connectivity index (χ4v) is 3.21. The van der Waals surface area contributed by atoms with Crippen LogP contribution in [0.2, 0.25) is 0 Å². The van der Waals surface area contributed by atoms with E-state index in [4.69, 9.17) is 9.47 Å².